The smallest absolute Gasteiger partial charge is 0.418 e. The number of carbonyl (C=O) groups is 1. The average molecular weight is 570 g/mol. The number of hydrogen-bond donors (Lipinski definition) is 0. The maximum Gasteiger partial charge on any atom is 0.418 e. The third-order valence-corrected chi connectivity index (χ3v) is 7.16. The van der Waals surface area contributed by atoms with Crippen LogP contribution in [0.15, 0.2) is 103 Å². The molecule has 7 heteroatoms. The van der Waals surface area contributed by atoms with Crippen molar-refractivity contribution in [1.29, 1.82) is 0 Å². The lowest BCUT2D eigenvalue weighted by Gasteiger charge is -2.17. The van der Waals surface area contributed by atoms with Crippen molar-refractivity contribution >= 4 is 16.9 Å². The van der Waals surface area contributed by atoms with Gasteiger partial charge in [0.15, 0.2) is 0 Å². The Hall–Kier alpha value is -4.65. The summed E-state index contributed by atoms with van der Waals surface area (Å²) in [6.07, 6.45) is -1.07. The molecule has 4 aromatic carbocycles. The van der Waals surface area contributed by atoms with Crippen LogP contribution in [0.25, 0.3) is 10.9 Å². The second-order valence-electron chi connectivity index (χ2n) is 10.1. The van der Waals surface area contributed by atoms with Gasteiger partial charge in [-0.15, -0.1) is 0 Å². The average Bonchev–Trinajstić information content (AvgIpc) is 3.00. The molecule has 42 heavy (non-hydrogen) atoms. The molecule has 0 aliphatic heterocycles. The Morgan fingerprint density at radius 2 is 1.50 bits per heavy atom. The molecular formula is C35H30F3NO3. The van der Waals surface area contributed by atoms with Gasteiger partial charge in [-0.1, -0.05) is 78.9 Å². The predicted octanol–water partition coefficient (Wildman–Crippen LogP) is 8.12. The zero-order valence-corrected chi connectivity index (χ0v) is 23.2. The van der Waals surface area contributed by atoms with E-state index in [1.54, 1.807) is 12.3 Å². The van der Waals surface area contributed by atoms with Crippen LogP contribution >= 0.6 is 0 Å². The molecule has 0 saturated carbocycles. The standard InChI is InChI=1S/C35H30F3NO3/c1-41-33(40)17-16-25-10-5-12-27(18-25)23-42-29-13-6-11-26(20-29)21-31-28(19-24-8-3-2-4-9-24)22-39-34-30(31)14-7-15-32(34)35(36,37)38/h2-15,18,20,22H,16-17,19,21,23H2,1H3. The number of rotatable bonds is 10. The maximum atomic E-state index is 13.8. The number of ether oxygens (including phenoxy) is 2. The van der Waals surface area contributed by atoms with Crippen LogP contribution < -0.4 is 4.74 Å². The van der Waals surface area contributed by atoms with Gasteiger partial charge in [0, 0.05) is 18.0 Å². The van der Waals surface area contributed by atoms with E-state index in [1.807, 2.05) is 78.9 Å². The topological polar surface area (TPSA) is 48.4 Å². The Morgan fingerprint density at radius 3 is 2.29 bits per heavy atom. The molecule has 0 aliphatic rings. The molecule has 0 amide bonds. The van der Waals surface area contributed by atoms with Crippen LogP contribution in [0.4, 0.5) is 13.2 Å². The first-order valence-corrected chi connectivity index (χ1v) is 13.7. The lowest BCUT2D eigenvalue weighted by atomic mass is 9.92. The van der Waals surface area contributed by atoms with E-state index in [-0.39, 0.29) is 11.5 Å². The summed E-state index contributed by atoms with van der Waals surface area (Å²) in [4.78, 5) is 15.8. The number of carbonyl (C=O) groups excluding carboxylic acids is 1. The number of aromatic nitrogens is 1. The Balaban J connectivity index is 1.41. The molecule has 5 aromatic rings. The third-order valence-electron chi connectivity index (χ3n) is 7.16. The highest BCUT2D eigenvalue weighted by Crippen LogP contribution is 2.36. The zero-order chi connectivity index (χ0) is 29.5. The molecule has 214 valence electrons. The molecule has 0 N–H and O–H groups in total. The molecule has 0 radical (unpaired) electrons. The molecule has 1 aromatic heterocycles. The van der Waals surface area contributed by atoms with Gasteiger partial charge in [-0.3, -0.25) is 9.78 Å². The Labute approximate surface area is 242 Å². The van der Waals surface area contributed by atoms with Gasteiger partial charge in [0.2, 0.25) is 0 Å². The van der Waals surface area contributed by atoms with Gasteiger partial charge in [-0.25, -0.2) is 0 Å². The van der Waals surface area contributed by atoms with E-state index in [1.165, 1.54) is 13.2 Å². The van der Waals surface area contributed by atoms with Crippen LogP contribution in [0, 0.1) is 0 Å². The fraction of sp³-hybridized carbons (Fsp3) is 0.200. The van der Waals surface area contributed by atoms with Crippen LogP contribution in [0.3, 0.4) is 0 Å². The number of benzene rings is 4. The molecule has 1 heterocycles. The minimum Gasteiger partial charge on any atom is -0.489 e. The number of aryl methyl sites for hydroxylation is 1. The minimum atomic E-state index is -4.50. The van der Waals surface area contributed by atoms with Crippen LogP contribution in [0.1, 0.15) is 45.4 Å². The first-order chi connectivity index (χ1) is 20.3. The lowest BCUT2D eigenvalue weighted by Crippen LogP contribution is -2.08. The van der Waals surface area contributed by atoms with Gasteiger partial charge in [-0.05, 0) is 70.8 Å². The lowest BCUT2D eigenvalue weighted by molar-refractivity contribution is -0.140. The van der Waals surface area contributed by atoms with E-state index in [2.05, 4.69) is 4.98 Å². The van der Waals surface area contributed by atoms with Crippen molar-refractivity contribution < 1.29 is 27.4 Å². The number of hydrogen-bond acceptors (Lipinski definition) is 4. The van der Waals surface area contributed by atoms with Gasteiger partial charge >= 0.3 is 12.1 Å². The summed E-state index contributed by atoms with van der Waals surface area (Å²) in [5.41, 5.74) is 4.86. The van der Waals surface area contributed by atoms with Crippen molar-refractivity contribution in [2.24, 2.45) is 0 Å². The summed E-state index contributed by atoms with van der Waals surface area (Å²) < 4.78 is 52.4. The summed E-state index contributed by atoms with van der Waals surface area (Å²) in [5, 5.41) is 0.494. The van der Waals surface area contributed by atoms with Crippen molar-refractivity contribution in [2.45, 2.75) is 38.5 Å². The molecule has 0 fully saturated rings. The first-order valence-electron chi connectivity index (χ1n) is 13.7. The Kier molecular flexibility index (Phi) is 8.86. The third kappa shape index (κ3) is 7.16. The minimum absolute atomic E-state index is 0.0451. The number of pyridine rings is 1. The van der Waals surface area contributed by atoms with Crippen molar-refractivity contribution in [1.82, 2.24) is 4.98 Å². The highest BCUT2D eigenvalue weighted by Gasteiger charge is 2.33. The molecule has 0 unspecified atom stereocenters. The molecule has 0 bridgehead atoms. The molecule has 0 aliphatic carbocycles. The van der Waals surface area contributed by atoms with Gasteiger partial charge in [0.1, 0.15) is 12.4 Å². The van der Waals surface area contributed by atoms with E-state index in [0.717, 1.165) is 39.4 Å². The number of halogens is 3. The molecule has 0 saturated heterocycles. The van der Waals surface area contributed by atoms with Crippen LogP contribution in [-0.4, -0.2) is 18.1 Å². The second kappa shape index (κ2) is 12.9. The number of fused-ring (bicyclic) bond motifs is 1. The van der Waals surface area contributed by atoms with E-state index in [9.17, 15) is 18.0 Å². The maximum absolute atomic E-state index is 13.8. The SMILES string of the molecule is COC(=O)CCc1cccc(COc2cccc(Cc3c(Cc4ccccc4)cnc4c(C(F)(F)F)cccc34)c2)c1. The van der Waals surface area contributed by atoms with Crippen LogP contribution in [-0.2, 0) is 41.6 Å². The molecule has 4 nitrogen and oxygen atoms in total. The molecule has 5 rings (SSSR count). The monoisotopic (exact) mass is 569 g/mol. The second-order valence-corrected chi connectivity index (χ2v) is 10.1. The summed E-state index contributed by atoms with van der Waals surface area (Å²) in [7, 11) is 1.38. The van der Waals surface area contributed by atoms with E-state index in [0.29, 0.717) is 43.4 Å². The van der Waals surface area contributed by atoms with Crippen molar-refractivity contribution in [3.63, 3.8) is 0 Å². The van der Waals surface area contributed by atoms with Crippen LogP contribution in [0.2, 0.25) is 0 Å². The quantitative estimate of drug-likeness (QED) is 0.159. The number of methoxy groups -OCH3 is 1. The number of para-hydroxylation sites is 1. The number of esters is 1. The van der Waals surface area contributed by atoms with Gasteiger partial charge in [-0.2, -0.15) is 13.2 Å². The van der Waals surface area contributed by atoms with E-state index >= 15 is 0 Å². The largest absolute Gasteiger partial charge is 0.489 e. The molecule has 0 atom stereocenters. The molecular weight excluding hydrogens is 539 g/mol. The van der Waals surface area contributed by atoms with Gasteiger partial charge < -0.3 is 9.47 Å². The van der Waals surface area contributed by atoms with E-state index < -0.39 is 11.7 Å². The first kappa shape index (κ1) is 28.9. The van der Waals surface area contributed by atoms with E-state index in [4.69, 9.17) is 9.47 Å². The Bertz CT molecular complexity index is 1680. The zero-order valence-electron chi connectivity index (χ0n) is 23.2. The van der Waals surface area contributed by atoms with Gasteiger partial charge in [0.05, 0.1) is 18.2 Å². The van der Waals surface area contributed by atoms with Crippen molar-refractivity contribution in [3.8, 4) is 5.75 Å². The summed E-state index contributed by atoms with van der Waals surface area (Å²) in [5.74, 6) is 0.406. The number of alkyl halides is 3. The predicted molar refractivity (Wildman–Crippen MR) is 156 cm³/mol. The van der Waals surface area contributed by atoms with Crippen LogP contribution in [0.5, 0.6) is 5.75 Å². The summed E-state index contributed by atoms with van der Waals surface area (Å²) in [6, 6.07) is 29.5. The highest BCUT2D eigenvalue weighted by molar-refractivity contribution is 5.86. The Morgan fingerprint density at radius 1 is 0.786 bits per heavy atom. The number of nitrogens with zero attached hydrogens (tertiary/aromatic N) is 1. The fourth-order valence-corrected chi connectivity index (χ4v) is 5.06. The normalized spacial score (nSPS) is 11.4. The molecule has 0 spiro atoms. The highest BCUT2D eigenvalue weighted by atomic mass is 19.4. The van der Waals surface area contributed by atoms with Crippen molar-refractivity contribution in [2.75, 3.05) is 7.11 Å². The summed E-state index contributed by atoms with van der Waals surface area (Å²) in [6.45, 7) is 0.335. The van der Waals surface area contributed by atoms with Crippen molar-refractivity contribution in [3.05, 3.63) is 142 Å². The summed E-state index contributed by atoms with van der Waals surface area (Å²) >= 11 is 0. The van der Waals surface area contributed by atoms with Gasteiger partial charge in [0.25, 0.3) is 0 Å². The fourth-order valence-electron chi connectivity index (χ4n) is 5.06.